The van der Waals surface area contributed by atoms with E-state index in [2.05, 4.69) is 9.88 Å². The number of hydrogen-bond acceptors (Lipinski definition) is 6. The van der Waals surface area contributed by atoms with E-state index in [1.807, 2.05) is 31.4 Å². The minimum absolute atomic E-state index is 0.0475. The molecular weight excluding hydrogens is 312 g/mol. The van der Waals surface area contributed by atoms with Crippen LogP contribution in [0.25, 0.3) is 10.8 Å². The predicted octanol–water partition coefficient (Wildman–Crippen LogP) is 3.49. The number of piperidine rings is 1. The molecule has 124 valence electrons. The lowest BCUT2D eigenvalue weighted by Crippen LogP contribution is -2.36. The van der Waals surface area contributed by atoms with Crippen LogP contribution in [-0.2, 0) is 16.1 Å². The van der Waals surface area contributed by atoms with Gasteiger partial charge in [-0.1, -0.05) is 6.07 Å². The number of likely N-dealkylation sites (tertiary alicyclic amines) is 1. The van der Waals surface area contributed by atoms with Crippen molar-refractivity contribution in [2.24, 2.45) is 5.92 Å². The molecule has 2 aromatic heterocycles. The van der Waals surface area contributed by atoms with Crippen LogP contribution in [0.5, 0.6) is 0 Å². The van der Waals surface area contributed by atoms with Crippen LogP contribution in [0.15, 0.2) is 21.9 Å². The molecule has 1 saturated heterocycles. The molecule has 0 amide bonds. The molecule has 3 heterocycles. The number of aromatic nitrogens is 1. The van der Waals surface area contributed by atoms with Gasteiger partial charge in [0.15, 0.2) is 0 Å². The summed E-state index contributed by atoms with van der Waals surface area (Å²) in [5.41, 5.74) is 0.989. The SMILES string of the molecule is CCOC(=O)C1CCN(Cc2nc(-c3cccs3)oc2C)CC1. The smallest absolute Gasteiger partial charge is 0.309 e. The average molecular weight is 334 g/mol. The van der Waals surface area contributed by atoms with Crippen molar-refractivity contribution in [2.75, 3.05) is 19.7 Å². The Morgan fingerprint density at radius 2 is 2.26 bits per heavy atom. The number of nitrogens with zero attached hydrogens (tertiary/aromatic N) is 2. The zero-order valence-electron chi connectivity index (χ0n) is 13.6. The topological polar surface area (TPSA) is 55.6 Å². The summed E-state index contributed by atoms with van der Waals surface area (Å²) in [6, 6.07) is 4.02. The van der Waals surface area contributed by atoms with Crippen LogP contribution in [-0.4, -0.2) is 35.5 Å². The third kappa shape index (κ3) is 3.82. The number of ether oxygens (including phenoxy) is 1. The molecule has 23 heavy (non-hydrogen) atoms. The molecule has 0 unspecified atom stereocenters. The third-order valence-electron chi connectivity index (χ3n) is 4.21. The molecule has 2 aromatic rings. The maximum absolute atomic E-state index is 11.8. The number of rotatable bonds is 5. The van der Waals surface area contributed by atoms with Gasteiger partial charge in [-0.25, -0.2) is 4.98 Å². The summed E-state index contributed by atoms with van der Waals surface area (Å²) in [7, 11) is 0. The lowest BCUT2D eigenvalue weighted by atomic mass is 9.97. The fourth-order valence-corrected chi connectivity index (χ4v) is 3.53. The fraction of sp³-hybridized carbons (Fsp3) is 0.529. The van der Waals surface area contributed by atoms with Gasteiger partial charge in [0.05, 0.1) is 23.1 Å². The van der Waals surface area contributed by atoms with Crippen LogP contribution in [0.4, 0.5) is 0 Å². The monoisotopic (exact) mass is 334 g/mol. The zero-order chi connectivity index (χ0) is 16.2. The minimum Gasteiger partial charge on any atom is -0.466 e. The first-order valence-electron chi connectivity index (χ1n) is 8.06. The number of aryl methyl sites for hydroxylation is 1. The van der Waals surface area contributed by atoms with Gasteiger partial charge in [-0.2, -0.15) is 0 Å². The van der Waals surface area contributed by atoms with Crippen LogP contribution in [0, 0.1) is 12.8 Å². The van der Waals surface area contributed by atoms with Gasteiger partial charge < -0.3 is 9.15 Å². The van der Waals surface area contributed by atoms with Gasteiger partial charge >= 0.3 is 5.97 Å². The number of oxazole rings is 1. The van der Waals surface area contributed by atoms with Crippen molar-refractivity contribution in [3.05, 3.63) is 29.0 Å². The predicted molar refractivity (Wildman–Crippen MR) is 89.2 cm³/mol. The molecule has 0 saturated carbocycles. The second-order valence-electron chi connectivity index (χ2n) is 5.80. The van der Waals surface area contributed by atoms with Crippen molar-refractivity contribution in [2.45, 2.75) is 33.2 Å². The summed E-state index contributed by atoms with van der Waals surface area (Å²) in [5.74, 6) is 1.57. The van der Waals surface area contributed by atoms with E-state index in [9.17, 15) is 4.79 Å². The quantitative estimate of drug-likeness (QED) is 0.784. The largest absolute Gasteiger partial charge is 0.466 e. The number of esters is 1. The molecule has 0 bridgehead atoms. The van der Waals surface area contributed by atoms with Gasteiger partial charge in [-0.3, -0.25) is 9.69 Å². The zero-order valence-corrected chi connectivity index (χ0v) is 14.4. The van der Waals surface area contributed by atoms with E-state index in [4.69, 9.17) is 9.15 Å². The van der Waals surface area contributed by atoms with Crippen LogP contribution < -0.4 is 0 Å². The summed E-state index contributed by atoms with van der Waals surface area (Å²) in [4.78, 5) is 19.8. The first kappa shape index (κ1) is 16.2. The Morgan fingerprint density at radius 3 is 2.91 bits per heavy atom. The lowest BCUT2D eigenvalue weighted by molar-refractivity contribution is -0.149. The second kappa shape index (κ2) is 7.27. The molecule has 0 aromatic carbocycles. The number of carbonyl (C=O) groups is 1. The summed E-state index contributed by atoms with van der Waals surface area (Å²) in [6.07, 6.45) is 1.71. The molecule has 0 N–H and O–H groups in total. The normalized spacial score (nSPS) is 16.6. The number of thiophene rings is 1. The van der Waals surface area contributed by atoms with Crippen molar-refractivity contribution in [3.63, 3.8) is 0 Å². The van der Waals surface area contributed by atoms with Gasteiger partial charge in [-0.15, -0.1) is 11.3 Å². The molecule has 0 radical (unpaired) electrons. The van der Waals surface area contributed by atoms with E-state index in [0.29, 0.717) is 12.5 Å². The van der Waals surface area contributed by atoms with Crippen molar-refractivity contribution >= 4 is 17.3 Å². The van der Waals surface area contributed by atoms with E-state index >= 15 is 0 Å². The van der Waals surface area contributed by atoms with E-state index in [1.54, 1.807) is 11.3 Å². The van der Waals surface area contributed by atoms with Crippen molar-refractivity contribution < 1.29 is 13.9 Å². The number of hydrogen-bond donors (Lipinski definition) is 0. The molecule has 0 atom stereocenters. The van der Waals surface area contributed by atoms with Gasteiger partial charge in [0.2, 0.25) is 5.89 Å². The third-order valence-corrected chi connectivity index (χ3v) is 5.06. The molecule has 1 aliphatic rings. The molecule has 1 fully saturated rings. The van der Waals surface area contributed by atoms with Crippen LogP contribution in [0.2, 0.25) is 0 Å². The van der Waals surface area contributed by atoms with E-state index in [1.165, 1.54) is 0 Å². The van der Waals surface area contributed by atoms with E-state index < -0.39 is 0 Å². The van der Waals surface area contributed by atoms with E-state index in [-0.39, 0.29) is 11.9 Å². The Labute approximate surface area is 140 Å². The first-order valence-corrected chi connectivity index (χ1v) is 8.94. The van der Waals surface area contributed by atoms with E-state index in [0.717, 1.165) is 48.8 Å². The van der Waals surface area contributed by atoms with Gasteiger partial charge in [0.25, 0.3) is 0 Å². The molecule has 0 aliphatic carbocycles. The molecular formula is C17H22N2O3S. The highest BCUT2D eigenvalue weighted by molar-refractivity contribution is 7.13. The molecule has 0 spiro atoms. The molecule has 3 rings (SSSR count). The highest BCUT2D eigenvalue weighted by Gasteiger charge is 2.26. The van der Waals surface area contributed by atoms with Gasteiger partial charge in [0.1, 0.15) is 5.76 Å². The number of carbonyl (C=O) groups excluding carboxylic acids is 1. The van der Waals surface area contributed by atoms with Gasteiger partial charge in [-0.05, 0) is 51.2 Å². The van der Waals surface area contributed by atoms with Crippen molar-refractivity contribution in [3.8, 4) is 10.8 Å². The lowest BCUT2D eigenvalue weighted by Gasteiger charge is -2.30. The highest BCUT2D eigenvalue weighted by atomic mass is 32.1. The minimum atomic E-state index is -0.0512. The summed E-state index contributed by atoms with van der Waals surface area (Å²) in [6.45, 7) is 6.84. The Balaban J connectivity index is 1.58. The summed E-state index contributed by atoms with van der Waals surface area (Å²) in [5, 5.41) is 2.02. The fourth-order valence-electron chi connectivity index (χ4n) is 2.88. The Kier molecular flexibility index (Phi) is 5.13. The van der Waals surface area contributed by atoms with Gasteiger partial charge in [0, 0.05) is 6.54 Å². The molecule has 6 heteroatoms. The highest BCUT2D eigenvalue weighted by Crippen LogP contribution is 2.27. The standard InChI is InChI=1S/C17H22N2O3S/c1-3-21-17(20)13-6-8-19(9-7-13)11-14-12(2)22-16(18-14)15-5-4-10-23-15/h4-5,10,13H,3,6-9,11H2,1-2H3. The second-order valence-corrected chi connectivity index (χ2v) is 6.75. The maximum Gasteiger partial charge on any atom is 0.309 e. The first-order chi connectivity index (χ1) is 11.2. The Hall–Kier alpha value is -1.66. The maximum atomic E-state index is 11.8. The Morgan fingerprint density at radius 1 is 1.48 bits per heavy atom. The summed E-state index contributed by atoms with van der Waals surface area (Å²) < 4.78 is 10.9. The molecule has 5 nitrogen and oxygen atoms in total. The van der Waals surface area contributed by atoms with Crippen LogP contribution >= 0.6 is 11.3 Å². The van der Waals surface area contributed by atoms with Crippen LogP contribution in [0.1, 0.15) is 31.2 Å². The van der Waals surface area contributed by atoms with Crippen molar-refractivity contribution in [1.29, 1.82) is 0 Å². The van der Waals surface area contributed by atoms with Crippen LogP contribution in [0.3, 0.4) is 0 Å². The summed E-state index contributed by atoms with van der Waals surface area (Å²) >= 11 is 1.63. The molecule has 1 aliphatic heterocycles. The Bertz CT molecular complexity index is 643. The van der Waals surface area contributed by atoms with Crippen molar-refractivity contribution in [1.82, 2.24) is 9.88 Å². The average Bonchev–Trinajstić information content (AvgIpc) is 3.19.